The van der Waals surface area contributed by atoms with Crippen molar-refractivity contribution in [3.63, 3.8) is 0 Å². The number of fused-ring (bicyclic) bond motifs is 1. The van der Waals surface area contributed by atoms with Gasteiger partial charge in [0.15, 0.2) is 5.69 Å². The summed E-state index contributed by atoms with van der Waals surface area (Å²) in [6.45, 7) is 2.71. The second-order valence-corrected chi connectivity index (χ2v) is 9.63. The molecular formula is C22H27NO5S2. The van der Waals surface area contributed by atoms with Crippen molar-refractivity contribution in [2.45, 2.75) is 49.4 Å². The summed E-state index contributed by atoms with van der Waals surface area (Å²) in [5.41, 5.74) is 1.35. The van der Waals surface area contributed by atoms with Gasteiger partial charge in [-0.2, -0.15) is 0 Å². The summed E-state index contributed by atoms with van der Waals surface area (Å²) in [4.78, 5) is 16.6. The van der Waals surface area contributed by atoms with Crippen molar-refractivity contribution >= 4 is 29.1 Å². The standard InChI is InChI=1S/C22H27NO5S2/c1-12-4-5-13(8-20(12)29-3)27-10-15-14-6-7-17(28-19(14)9-18(15)26-2)21-23-16(11-30-21)22(24)25/h4-5,8,11,14-15,17-19H,6-7,9-10H2,1-3H3,(H,24,25)/t14-,15-,17-,18+,19+/m1/s1. The van der Waals surface area contributed by atoms with Gasteiger partial charge in [-0.3, -0.25) is 0 Å². The third-order valence-corrected chi connectivity index (χ3v) is 8.03. The van der Waals surface area contributed by atoms with Crippen LogP contribution in [0.4, 0.5) is 0 Å². The van der Waals surface area contributed by atoms with Gasteiger partial charge in [-0.25, -0.2) is 9.78 Å². The van der Waals surface area contributed by atoms with Crippen molar-refractivity contribution in [2.24, 2.45) is 11.8 Å². The molecule has 30 heavy (non-hydrogen) atoms. The number of carboxylic acids is 1. The number of hydrogen-bond acceptors (Lipinski definition) is 7. The summed E-state index contributed by atoms with van der Waals surface area (Å²) < 4.78 is 18.3. The largest absolute Gasteiger partial charge is 0.493 e. The molecule has 1 N–H and O–H groups in total. The van der Waals surface area contributed by atoms with Gasteiger partial charge in [0.1, 0.15) is 16.9 Å². The van der Waals surface area contributed by atoms with Gasteiger partial charge in [0.05, 0.1) is 18.8 Å². The van der Waals surface area contributed by atoms with E-state index in [1.54, 1.807) is 24.3 Å². The van der Waals surface area contributed by atoms with E-state index >= 15 is 0 Å². The van der Waals surface area contributed by atoms with Crippen LogP contribution in [0.1, 0.15) is 46.4 Å². The Morgan fingerprint density at radius 1 is 1.40 bits per heavy atom. The van der Waals surface area contributed by atoms with Crippen molar-refractivity contribution in [2.75, 3.05) is 20.0 Å². The molecule has 1 aliphatic heterocycles. The molecule has 8 heteroatoms. The number of aromatic carboxylic acids is 1. The first kappa shape index (κ1) is 21.6. The normalized spacial score (nSPS) is 28.3. The van der Waals surface area contributed by atoms with E-state index in [0.29, 0.717) is 12.5 Å². The minimum absolute atomic E-state index is 0.0826. The minimum atomic E-state index is -0.996. The minimum Gasteiger partial charge on any atom is -0.493 e. The van der Waals surface area contributed by atoms with Gasteiger partial charge in [-0.1, -0.05) is 6.07 Å². The second-order valence-electron chi connectivity index (χ2n) is 7.90. The van der Waals surface area contributed by atoms with Crippen LogP contribution in [0.5, 0.6) is 5.75 Å². The molecule has 2 heterocycles. The molecule has 0 amide bonds. The number of carboxylic acid groups (broad SMARTS) is 1. The Morgan fingerprint density at radius 2 is 2.23 bits per heavy atom. The van der Waals surface area contributed by atoms with Crippen LogP contribution < -0.4 is 4.74 Å². The lowest BCUT2D eigenvalue weighted by Crippen LogP contribution is -2.33. The van der Waals surface area contributed by atoms with Gasteiger partial charge in [0.25, 0.3) is 0 Å². The fourth-order valence-corrected chi connectivity index (χ4v) is 6.10. The van der Waals surface area contributed by atoms with Crippen molar-refractivity contribution in [1.29, 1.82) is 0 Å². The van der Waals surface area contributed by atoms with E-state index in [-0.39, 0.29) is 29.9 Å². The molecule has 4 rings (SSSR count). The van der Waals surface area contributed by atoms with E-state index in [0.717, 1.165) is 30.0 Å². The maximum atomic E-state index is 11.1. The second kappa shape index (κ2) is 9.26. The molecule has 1 aromatic heterocycles. The zero-order valence-electron chi connectivity index (χ0n) is 17.4. The number of thiazole rings is 1. The van der Waals surface area contributed by atoms with Gasteiger partial charge in [0.2, 0.25) is 0 Å². The predicted molar refractivity (Wildman–Crippen MR) is 117 cm³/mol. The highest BCUT2D eigenvalue weighted by Gasteiger charge is 2.48. The van der Waals surface area contributed by atoms with E-state index in [2.05, 4.69) is 30.3 Å². The molecule has 2 fully saturated rings. The van der Waals surface area contributed by atoms with Crippen LogP contribution in [0.25, 0.3) is 0 Å². The fraction of sp³-hybridized carbons (Fsp3) is 0.545. The van der Waals surface area contributed by atoms with Crippen LogP contribution in [0, 0.1) is 18.8 Å². The van der Waals surface area contributed by atoms with Crippen molar-refractivity contribution in [1.82, 2.24) is 4.98 Å². The Kier molecular flexibility index (Phi) is 6.67. The average Bonchev–Trinajstić information content (AvgIpc) is 3.37. The summed E-state index contributed by atoms with van der Waals surface area (Å²) in [5.74, 6) is 0.535. The lowest BCUT2D eigenvalue weighted by atomic mass is 9.87. The van der Waals surface area contributed by atoms with Crippen molar-refractivity contribution in [3.8, 4) is 5.75 Å². The molecule has 0 unspecified atom stereocenters. The fourth-order valence-electron chi connectivity index (χ4n) is 4.61. The number of benzene rings is 1. The van der Waals surface area contributed by atoms with Crippen LogP contribution >= 0.6 is 23.1 Å². The first-order valence-corrected chi connectivity index (χ1v) is 12.2. The summed E-state index contributed by atoms with van der Waals surface area (Å²) in [6, 6.07) is 6.23. The van der Waals surface area contributed by atoms with Crippen LogP contribution in [-0.4, -0.2) is 48.2 Å². The van der Waals surface area contributed by atoms with Crippen molar-refractivity contribution < 1.29 is 24.1 Å². The average molecular weight is 450 g/mol. The number of aromatic nitrogens is 1. The van der Waals surface area contributed by atoms with Gasteiger partial charge < -0.3 is 19.3 Å². The maximum absolute atomic E-state index is 11.1. The Hall–Kier alpha value is -1.61. The third-order valence-electron chi connectivity index (χ3n) is 6.21. The van der Waals surface area contributed by atoms with Gasteiger partial charge in [-0.05, 0) is 49.6 Å². The number of thioether (sulfide) groups is 1. The van der Waals surface area contributed by atoms with Gasteiger partial charge in [-0.15, -0.1) is 23.1 Å². The molecule has 0 spiro atoms. The highest BCUT2D eigenvalue weighted by Crippen LogP contribution is 2.47. The monoisotopic (exact) mass is 449 g/mol. The molecule has 1 saturated heterocycles. The van der Waals surface area contributed by atoms with E-state index < -0.39 is 5.97 Å². The number of hydrogen-bond donors (Lipinski definition) is 1. The Balaban J connectivity index is 1.41. The van der Waals surface area contributed by atoms with Gasteiger partial charge in [0, 0.05) is 29.7 Å². The highest BCUT2D eigenvalue weighted by molar-refractivity contribution is 7.98. The number of aryl methyl sites for hydroxylation is 1. The quantitative estimate of drug-likeness (QED) is 0.607. The Morgan fingerprint density at radius 3 is 2.93 bits per heavy atom. The molecule has 2 aliphatic rings. The summed E-state index contributed by atoms with van der Waals surface area (Å²) >= 11 is 3.09. The number of methoxy groups -OCH3 is 1. The lowest BCUT2D eigenvalue weighted by molar-refractivity contribution is -0.0812. The van der Waals surface area contributed by atoms with E-state index in [4.69, 9.17) is 19.3 Å². The Labute approximate surface area is 185 Å². The molecular weight excluding hydrogens is 422 g/mol. The molecule has 1 aliphatic carbocycles. The van der Waals surface area contributed by atoms with E-state index in [9.17, 15) is 4.79 Å². The highest BCUT2D eigenvalue weighted by atomic mass is 32.2. The molecule has 6 nitrogen and oxygen atoms in total. The van der Waals surface area contributed by atoms with Crippen LogP contribution in [-0.2, 0) is 9.47 Å². The SMILES string of the molecule is CO[C@H]1C[C@@H]2O[C@@H](c3nc(C(=O)O)cs3)CC[C@@H]2[C@H]1COc1ccc(C)c(SC)c1. The molecule has 5 atom stereocenters. The molecule has 2 aromatic rings. The molecule has 1 aromatic carbocycles. The molecule has 0 bridgehead atoms. The summed E-state index contributed by atoms with van der Waals surface area (Å²) in [5, 5.41) is 11.5. The van der Waals surface area contributed by atoms with Crippen LogP contribution in [0.15, 0.2) is 28.5 Å². The predicted octanol–water partition coefficient (Wildman–Crippen LogP) is 4.82. The number of carbonyl (C=O) groups is 1. The van der Waals surface area contributed by atoms with E-state index in [1.165, 1.54) is 21.8 Å². The topological polar surface area (TPSA) is 77.9 Å². The molecule has 1 saturated carbocycles. The summed E-state index contributed by atoms with van der Waals surface area (Å²) in [6.07, 6.45) is 4.77. The first-order chi connectivity index (χ1) is 14.5. The maximum Gasteiger partial charge on any atom is 0.355 e. The lowest BCUT2D eigenvalue weighted by Gasteiger charge is -2.34. The van der Waals surface area contributed by atoms with Crippen LogP contribution in [0.2, 0.25) is 0 Å². The number of ether oxygens (including phenoxy) is 3. The Bertz CT molecular complexity index is 901. The number of nitrogens with zero attached hydrogens (tertiary/aromatic N) is 1. The zero-order chi connectivity index (χ0) is 21.3. The number of rotatable bonds is 7. The zero-order valence-corrected chi connectivity index (χ0v) is 19.0. The smallest absolute Gasteiger partial charge is 0.355 e. The van der Waals surface area contributed by atoms with Gasteiger partial charge >= 0.3 is 5.97 Å². The third kappa shape index (κ3) is 4.37. The van der Waals surface area contributed by atoms with Crippen LogP contribution in [0.3, 0.4) is 0 Å². The van der Waals surface area contributed by atoms with E-state index in [1.807, 2.05) is 6.07 Å². The summed E-state index contributed by atoms with van der Waals surface area (Å²) in [7, 11) is 1.75. The van der Waals surface area contributed by atoms with Crippen molar-refractivity contribution in [3.05, 3.63) is 39.8 Å². The molecule has 0 radical (unpaired) electrons. The first-order valence-electron chi connectivity index (χ1n) is 10.1. The molecule has 162 valence electrons.